The fraction of sp³-hybridized carbons (Fsp3) is 1.00. The van der Waals surface area contributed by atoms with E-state index in [4.69, 9.17) is 10.2 Å². The Hall–Kier alpha value is 0.270. The van der Waals surface area contributed by atoms with Crippen LogP contribution in [0.4, 0.5) is 0 Å². The summed E-state index contributed by atoms with van der Waals surface area (Å²) in [5.74, 6) is 0.301. The highest BCUT2D eigenvalue weighted by Crippen LogP contribution is 2.12. The van der Waals surface area contributed by atoms with E-state index < -0.39 is 6.10 Å². The molecular formula is C6H14O2S. The number of hydrogen-bond acceptors (Lipinski definition) is 3. The molecular weight excluding hydrogens is 136 g/mol. The molecule has 0 fully saturated rings. The van der Waals surface area contributed by atoms with Crippen LogP contribution in [0.2, 0.25) is 0 Å². The maximum Gasteiger partial charge on any atom is 0.0889 e. The first-order valence-electron chi connectivity index (χ1n) is 3.06. The van der Waals surface area contributed by atoms with Crippen molar-refractivity contribution in [2.75, 3.05) is 6.61 Å². The first-order valence-corrected chi connectivity index (χ1v) is 3.58. The van der Waals surface area contributed by atoms with Gasteiger partial charge in [-0.15, -0.1) is 0 Å². The number of aliphatic hydroxyl groups excluding tert-OH is 2. The Labute approximate surface area is 61.3 Å². The smallest absolute Gasteiger partial charge is 0.0889 e. The Bertz CT molecular complexity index is 75.5. The molecule has 3 heteroatoms. The number of hydrogen-bond donors (Lipinski definition) is 3. The normalized spacial score (nSPS) is 18.0. The Balaban J connectivity index is 3.58. The fourth-order valence-corrected chi connectivity index (χ4v) is 0.647. The Kier molecular flexibility index (Phi) is 4.27. The third-order valence-corrected chi connectivity index (χ3v) is 2.20. The largest absolute Gasteiger partial charge is 0.394 e. The van der Waals surface area contributed by atoms with Crippen LogP contribution in [0.25, 0.3) is 0 Å². The maximum absolute atomic E-state index is 8.97. The van der Waals surface area contributed by atoms with Crippen molar-refractivity contribution in [1.29, 1.82) is 0 Å². The van der Waals surface area contributed by atoms with E-state index in [-0.39, 0.29) is 11.9 Å². The van der Waals surface area contributed by atoms with Crippen molar-refractivity contribution < 1.29 is 10.2 Å². The van der Waals surface area contributed by atoms with Gasteiger partial charge in [0.25, 0.3) is 0 Å². The highest BCUT2D eigenvalue weighted by Gasteiger charge is 2.16. The van der Waals surface area contributed by atoms with Crippen LogP contribution in [-0.4, -0.2) is 28.2 Å². The Morgan fingerprint density at radius 3 is 2.00 bits per heavy atom. The van der Waals surface area contributed by atoms with Crippen LogP contribution in [-0.2, 0) is 0 Å². The van der Waals surface area contributed by atoms with E-state index in [1.165, 1.54) is 0 Å². The van der Waals surface area contributed by atoms with Crippen molar-refractivity contribution in [3.63, 3.8) is 0 Å². The van der Waals surface area contributed by atoms with Gasteiger partial charge in [0.15, 0.2) is 0 Å². The van der Waals surface area contributed by atoms with Gasteiger partial charge >= 0.3 is 0 Å². The molecule has 2 N–H and O–H groups in total. The molecule has 0 radical (unpaired) electrons. The van der Waals surface area contributed by atoms with Crippen LogP contribution in [0.5, 0.6) is 0 Å². The van der Waals surface area contributed by atoms with Crippen LogP contribution in [0, 0.1) is 5.92 Å². The second kappa shape index (κ2) is 4.14. The topological polar surface area (TPSA) is 40.5 Å². The van der Waals surface area contributed by atoms with Crippen molar-refractivity contribution in [3.05, 3.63) is 0 Å². The van der Waals surface area contributed by atoms with Gasteiger partial charge in [-0.1, -0.05) is 13.8 Å². The average molecular weight is 150 g/mol. The molecule has 0 aliphatic heterocycles. The van der Waals surface area contributed by atoms with Crippen molar-refractivity contribution in [2.24, 2.45) is 5.92 Å². The van der Waals surface area contributed by atoms with Crippen LogP contribution in [0.15, 0.2) is 0 Å². The second-order valence-electron chi connectivity index (χ2n) is 2.48. The molecule has 0 aliphatic carbocycles. The third-order valence-electron chi connectivity index (χ3n) is 1.26. The fourth-order valence-electron chi connectivity index (χ4n) is 0.552. The number of aliphatic hydroxyl groups is 2. The SMILES string of the molecule is CC(C)C(S)C(O)CO. The molecule has 0 heterocycles. The summed E-state index contributed by atoms with van der Waals surface area (Å²) in [5.41, 5.74) is 0. The quantitative estimate of drug-likeness (QED) is 0.506. The van der Waals surface area contributed by atoms with E-state index in [9.17, 15) is 0 Å². The lowest BCUT2D eigenvalue weighted by molar-refractivity contribution is 0.0841. The molecule has 0 saturated carbocycles. The maximum atomic E-state index is 8.97. The van der Waals surface area contributed by atoms with E-state index in [2.05, 4.69) is 12.6 Å². The summed E-state index contributed by atoms with van der Waals surface area (Å²) in [4.78, 5) is 0. The van der Waals surface area contributed by atoms with Gasteiger partial charge in [-0.05, 0) is 5.92 Å². The minimum Gasteiger partial charge on any atom is -0.394 e. The number of rotatable bonds is 3. The van der Waals surface area contributed by atoms with E-state index in [1.807, 2.05) is 13.8 Å². The molecule has 56 valence electrons. The predicted molar refractivity (Wildman–Crippen MR) is 40.7 cm³/mol. The lowest BCUT2D eigenvalue weighted by Crippen LogP contribution is -2.28. The Morgan fingerprint density at radius 2 is 1.89 bits per heavy atom. The van der Waals surface area contributed by atoms with Crippen molar-refractivity contribution >= 4 is 12.6 Å². The van der Waals surface area contributed by atoms with Crippen LogP contribution in [0.3, 0.4) is 0 Å². The third kappa shape index (κ3) is 3.08. The molecule has 2 atom stereocenters. The zero-order chi connectivity index (χ0) is 7.44. The van der Waals surface area contributed by atoms with Crippen molar-refractivity contribution in [3.8, 4) is 0 Å². The summed E-state index contributed by atoms with van der Waals surface area (Å²) < 4.78 is 0. The summed E-state index contributed by atoms with van der Waals surface area (Å²) in [7, 11) is 0. The first-order chi connectivity index (χ1) is 4.09. The monoisotopic (exact) mass is 150 g/mol. The van der Waals surface area contributed by atoms with E-state index >= 15 is 0 Å². The molecule has 0 bridgehead atoms. The molecule has 2 nitrogen and oxygen atoms in total. The summed E-state index contributed by atoms with van der Waals surface area (Å²) >= 11 is 4.09. The molecule has 0 aromatic rings. The van der Waals surface area contributed by atoms with E-state index in [0.717, 1.165) is 0 Å². The van der Waals surface area contributed by atoms with Gasteiger partial charge in [0.1, 0.15) is 0 Å². The molecule has 0 rings (SSSR count). The van der Waals surface area contributed by atoms with Gasteiger partial charge in [0.05, 0.1) is 12.7 Å². The van der Waals surface area contributed by atoms with Gasteiger partial charge in [-0.25, -0.2) is 0 Å². The first kappa shape index (κ1) is 9.27. The summed E-state index contributed by atoms with van der Waals surface area (Å²) in [5, 5.41) is 17.3. The molecule has 0 amide bonds. The zero-order valence-corrected chi connectivity index (χ0v) is 6.68. The average Bonchev–Trinajstić information content (AvgIpc) is 1.84. The lowest BCUT2D eigenvalue weighted by atomic mass is 10.1. The van der Waals surface area contributed by atoms with Gasteiger partial charge < -0.3 is 10.2 Å². The van der Waals surface area contributed by atoms with Gasteiger partial charge in [0, 0.05) is 5.25 Å². The molecule has 0 spiro atoms. The van der Waals surface area contributed by atoms with Crippen LogP contribution in [0.1, 0.15) is 13.8 Å². The predicted octanol–water partition coefficient (Wildman–Crippen LogP) is 0.294. The summed E-state index contributed by atoms with van der Waals surface area (Å²) in [6.07, 6.45) is -0.687. The number of thiol groups is 1. The van der Waals surface area contributed by atoms with Crippen molar-refractivity contribution in [2.45, 2.75) is 25.2 Å². The minimum absolute atomic E-state index is 0.116. The summed E-state index contributed by atoms with van der Waals surface area (Å²) in [6, 6.07) is 0. The van der Waals surface area contributed by atoms with E-state index in [0.29, 0.717) is 5.92 Å². The van der Waals surface area contributed by atoms with Gasteiger partial charge in [-0.3, -0.25) is 0 Å². The minimum atomic E-state index is -0.687. The van der Waals surface area contributed by atoms with Crippen molar-refractivity contribution in [1.82, 2.24) is 0 Å². The molecule has 0 aliphatic rings. The highest BCUT2D eigenvalue weighted by molar-refractivity contribution is 7.81. The second-order valence-corrected chi connectivity index (χ2v) is 3.08. The Morgan fingerprint density at radius 1 is 1.44 bits per heavy atom. The van der Waals surface area contributed by atoms with E-state index in [1.54, 1.807) is 0 Å². The summed E-state index contributed by atoms with van der Waals surface area (Å²) in [6.45, 7) is 3.71. The molecule has 2 unspecified atom stereocenters. The highest BCUT2D eigenvalue weighted by atomic mass is 32.1. The molecule has 0 saturated heterocycles. The van der Waals surface area contributed by atoms with Crippen LogP contribution < -0.4 is 0 Å². The van der Waals surface area contributed by atoms with Crippen LogP contribution >= 0.6 is 12.6 Å². The van der Waals surface area contributed by atoms with Gasteiger partial charge in [0.2, 0.25) is 0 Å². The molecule has 9 heavy (non-hydrogen) atoms. The lowest BCUT2D eigenvalue weighted by Gasteiger charge is -2.18. The molecule has 0 aromatic heterocycles. The zero-order valence-electron chi connectivity index (χ0n) is 5.78. The molecule has 0 aromatic carbocycles. The standard InChI is InChI=1S/C6H14O2S/c1-4(2)6(9)5(8)3-7/h4-9H,3H2,1-2H3. The van der Waals surface area contributed by atoms with Gasteiger partial charge in [-0.2, -0.15) is 12.6 Å².